The molecule has 0 aliphatic heterocycles. The summed E-state index contributed by atoms with van der Waals surface area (Å²) in [6.45, 7) is -0.812. The summed E-state index contributed by atoms with van der Waals surface area (Å²) in [7, 11) is 0. The largest absolute Gasteiger partial charge is 0.573 e. The summed E-state index contributed by atoms with van der Waals surface area (Å²) in [6, 6.07) is 4.89. The molecule has 0 saturated carbocycles. The predicted octanol–water partition coefficient (Wildman–Crippen LogP) is 4.08. The molecule has 12 nitrogen and oxygen atoms in total. The molecule has 4 rings (SSSR count). The van der Waals surface area contributed by atoms with Gasteiger partial charge in [0, 0.05) is 59.4 Å². The summed E-state index contributed by atoms with van der Waals surface area (Å²) in [4.78, 5) is 28.6. The van der Waals surface area contributed by atoms with Crippen LogP contribution >= 0.6 is 22.6 Å². The number of hydrogen-bond donors (Lipinski definition) is 2. The molecule has 3 aromatic heterocycles. The van der Waals surface area contributed by atoms with Crippen LogP contribution in [0.2, 0.25) is 0 Å². The molecule has 4 aromatic rings. The van der Waals surface area contributed by atoms with E-state index in [4.69, 9.17) is 0 Å². The number of amides is 2. The molecule has 0 fully saturated rings. The molecule has 0 aliphatic rings. The van der Waals surface area contributed by atoms with Crippen LogP contribution < -0.4 is 15.4 Å². The number of halogens is 8. The molecule has 2 N–H and O–H groups in total. The van der Waals surface area contributed by atoms with Crippen LogP contribution in [-0.4, -0.2) is 59.3 Å². The third-order valence-electron chi connectivity index (χ3n) is 5.87. The summed E-state index contributed by atoms with van der Waals surface area (Å²) in [5, 5.41) is 19.6. The fraction of sp³-hybridized carbons (Fsp3) is 0.320. The second-order valence-corrected chi connectivity index (χ2v) is 10.6. The molecule has 1 aromatic carbocycles. The molecule has 0 saturated heterocycles. The monoisotopic (exact) mass is 755 g/mol. The summed E-state index contributed by atoms with van der Waals surface area (Å²) >= 11 is 0.982. The normalized spacial score (nSPS) is 12.5. The molecule has 0 bridgehead atoms. The highest BCUT2D eigenvalue weighted by Gasteiger charge is 2.31. The number of benzene rings is 1. The van der Waals surface area contributed by atoms with Crippen LogP contribution in [-0.2, 0) is 30.1 Å². The second-order valence-electron chi connectivity index (χ2n) is 9.28. The number of carbonyl (C=O) groups excluding carboxylic acids is 2. The number of carbonyl (C=O) groups is 2. The highest BCUT2D eigenvalue weighted by molar-refractivity contribution is 14.1. The number of aromatic nitrogens is 7. The molecule has 0 spiro atoms. The van der Waals surface area contributed by atoms with E-state index in [1.54, 1.807) is 0 Å². The van der Waals surface area contributed by atoms with Gasteiger partial charge in [-0.3, -0.25) is 19.3 Å². The van der Waals surface area contributed by atoms with Gasteiger partial charge in [0.05, 0.1) is 31.2 Å². The zero-order valence-corrected chi connectivity index (χ0v) is 24.8. The Hall–Kier alpha value is -4.37. The molecule has 1 atom stereocenters. The molecule has 0 aliphatic carbocycles. The molecular formula is C25H21F7IN9O3. The number of hydrogen-bond acceptors (Lipinski definition) is 8. The first-order chi connectivity index (χ1) is 21.2. The fourth-order valence-corrected chi connectivity index (χ4v) is 4.00. The first kappa shape index (κ1) is 33.5. The van der Waals surface area contributed by atoms with Crippen molar-refractivity contribution in [3.63, 3.8) is 0 Å². The van der Waals surface area contributed by atoms with Gasteiger partial charge in [-0.15, -0.1) is 23.4 Å². The predicted molar refractivity (Wildman–Crippen MR) is 147 cm³/mol. The van der Waals surface area contributed by atoms with Gasteiger partial charge in [0.15, 0.2) is 11.4 Å². The molecule has 20 heteroatoms. The lowest BCUT2D eigenvalue weighted by Gasteiger charge is -2.11. The Balaban J connectivity index is 1.21. The van der Waals surface area contributed by atoms with Crippen molar-refractivity contribution in [2.45, 2.75) is 49.1 Å². The van der Waals surface area contributed by atoms with E-state index in [2.05, 4.69) is 41.0 Å². The van der Waals surface area contributed by atoms with Crippen molar-refractivity contribution in [3.05, 3.63) is 82.9 Å². The molecule has 240 valence electrons. The molecule has 0 radical (unpaired) electrons. The van der Waals surface area contributed by atoms with Crippen LogP contribution in [0.3, 0.4) is 0 Å². The van der Waals surface area contributed by atoms with Crippen molar-refractivity contribution >= 4 is 34.4 Å². The molecule has 3 heterocycles. The van der Waals surface area contributed by atoms with E-state index in [0.29, 0.717) is 5.69 Å². The highest BCUT2D eigenvalue weighted by Crippen LogP contribution is 2.34. The van der Waals surface area contributed by atoms with E-state index in [0.717, 1.165) is 57.9 Å². The maximum absolute atomic E-state index is 14.6. The lowest BCUT2D eigenvalue weighted by Crippen LogP contribution is -2.24. The van der Waals surface area contributed by atoms with Crippen molar-refractivity contribution in [2.24, 2.45) is 0 Å². The van der Waals surface area contributed by atoms with Gasteiger partial charge in [0.1, 0.15) is 17.7 Å². The third kappa shape index (κ3) is 10.1. The van der Waals surface area contributed by atoms with Crippen LogP contribution in [0.1, 0.15) is 44.2 Å². The van der Waals surface area contributed by atoms with Gasteiger partial charge in [-0.05, 0) is 30.3 Å². The number of alkyl halides is 7. The van der Waals surface area contributed by atoms with E-state index < -0.39 is 46.4 Å². The average molecular weight is 755 g/mol. The number of nitrogens with one attached hydrogen (secondary N) is 2. The van der Waals surface area contributed by atoms with E-state index in [1.165, 1.54) is 23.0 Å². The Bertz CT molecular complexity index is 1630. The minimum atomic E-state index is -4.98. The van der Waals surface area contributed by atoms with E-state index >= 15 is 0 Å². The molecule has 45 heavy (non-hydrogen) atoms. The number of nitrogens with zero attached hydrogens (tertiary/aromatic N) is 7. The zero-order valence-electron chi connectivity index (χ0n) is 22.6. The highest BCUT2D eigenvalue weighted by atomic mass is 127. The summed E-state index contributed by atoms with van der Waals surface area (Å²) in [6.07, 6.45) is -3.11. The quantitative estimate of drug-likeness (QED) is 0.118. The number of ether oxygens (including phenoxy) is 1. The Morgan fingerprint density at radius 2 is 1.58 bits per heavy atom. The standard InChI is InChI=1S/C25H21F7IN9O3/c26-16(5-6-41-12-20(37-39-41)23(44)36-10-17-2-1-15(9-34-17)24(28,29)33)11-42-13-21(38-40-42)22(43)35-8-14-7-18(3-4-19(14)27)45-25(30,31)32/h1-4,7,9,12-13,16H,5-6,8,10-11H2,(H,35,43)(H,36,44). The van der Waals surface area contributed by atoms with Crippen molar-refractivity contribution in [1.82, 2.24) is 45.6 Å². The summed E-state index contributed by atoms with van der Waals surface area (Å²) < 4.78 is 95.3. The summed E-state index contributed by atoms with van der Waals surface area (Å²) in [5.74, 6) is -2.98. The van der Waals surface area contributed by atoms with Gasteiger partial charge in [0.25, 0.3) is 11.8 Å². The summed E-state index contributed by atoms with van der Waals surface area (Å²) in [5.41, 5.74) is -0.518. The number of pyridine rings is 1. The third-order valence-corrected chi connectivity index (χ3v) is 6.49. The van der Waals surface area contributed by atoms with Gasteiger partial charge < -0.3 is 15.4 Å². The Labute approximate surface area is 262 Å². The first-order valence-corrected chi connectivity index (χ1v) is 13.8. The van der Waals surface area contributed by atoms with Crippen molar-refractivity contribution < 1.29 is 45.1 Å². The van der Waals surface area contributed by atoms with Crippen molar-refractivity contribution in [3.8, 4) is 5.75 Å². The smallest absolute Gasteiger partial charge is 0.406 e. The molecule has 1 unspecified atom stereocenters. The molecule has 2 amide bonds. The topological polar surface area (TPSA) is 142 Å². The number of aryl methyl sites for hydroxylation is 1. The maximum atomic E-state index is 14.6. The van der Waals surface area contributed by atoms with E-state index in [-0.39, 0.29) is 48.6 Å². The van der Waals surface area contributed by atoms with Gasteiger partial charge in [0.2, 0.25) is 0 Å². The second kappa shape index (κ2) is 14.2. The number of rotatable bonds is 13. The minimum absolute atomic E-state index is 0.0275. The Kier molecular flexibility index (Phi) is 10.5. The van der Waals surface area contributed by atoms with Crippen LogP contribution in [0.5, 0.6) is 5.75 Å². The van der Waals surface area contributed by atoms with Gasteiger partial charge in [-0.25, -0.2) is 13.5 Å². The van der Waals surface area contributed by atoms with Crippen LogP contribution in [0.15, 0.2) is 48.9 Å². The maximum Gasteiger partial charge on any atom is 0.573 e. The fourth-order valence-electron chi connectivity index (χ4n) is 3.68. The SMILES string of the molecule is O=C(NCc1ccc(C(F)(F)I)cn1)c1cn(CCC(F)Cn2cc(C(=O)NCc3cc(OC(F)(F)F)ccc3F)nn2)nn1. The average Bonchev–Trinajstić information content (AvgIpc) is 3.64. The van der Waals surface area contributed by atoms with Gasteiger partial charge in [-0.1, -0.05) is 10.4 Å². The minimum Gasteiger partial charge on any atom is -0.406 e. The van der Waals surface area contributed by atoms with Gasteiger partial charge in [-0.2, -0.15) is 8.78 Å². The van der Waals surface area contributed by atoms with Crippen LogP contribution in [0.25, 0.3) is 0 Å². The van der Waals surface area contributed by atoms with Gasteiger partial charge >= 0.3 is 10.3 Å². The van der Waals surface area contributed by atoms with Crippen molar-refractivity contribution in [2.75, 3.05) is 0 Å². The Morgan fingerprint density at radius 3 is 2.20 bits per heavy atom. The lowest BCUT2D eigenvalue weighted by atomic mass is 10.2. The van der Waals surface area contributed by atoms with E-state index in [9.17, 15) is 40.3 Å². The molecular weight excluding hydrogens is 734 g/mol. The zero-order chi connectivity index (χ0) is 32.8. The van der Waals surface area contributed by atoms with E-state index in [1.807, 2.05) is 0 Å². The Morgan fingerprint density at radius 1 is 0.933 bits per heavy atom. The van der Waals surface area contributed by atoms with Crippen LogP contribution in [0.4, 0.5) is 30.7 Å². The van der Waals surface area contributed by atoms with Crippen LogP contribution in [0, 0.1) is 5.82 Å². The lowest BCUT2D eigenvalue weighted by molar-refractivity contribution is -0.274. The first-order valence-electron chi connectivity index (χ1n) is 12.7. The van der Waals surface area contributed by atoms with Crippen molar-refractivity contribution in [1.29, 1.82) is 0 Å².